The maximum atomic E-state index is 12.1. The average molecular weight is 306 g/mol. The Morgan fingerprint density at radius 2 is 2.19 bits per heavy atom. The van der Waals surface area contributed by atoms with Gasteiger partial charge < -0.3 is 5.32 Å². The molecular formula is C14H16ClN5O. The third kappa shape index (κ3) is 3.07. The lowest BCUT2D eigenvalue weighted by atomic mass is 10.2. The molecule has 0 saturated carbocycles. The van der Waals surface area contributed by atoms with Gasteiger partial charge >= 0.3 is 0 Å². The van der Waals surface area contributed by atoms with Crippen LogP contribution in [-0.4, -0.2) is 27.9 Å². The van der Waals surface area contributed by atoms with Crippen LogP contribution in [0.25, 0.3) is 5.69 Å². The lowest BCUT2D eigenvalue weighted by Crippen LogP contribution is -2.44. The summed E-state index contributed by atoms with van der Waals surface area (Å²) < 4.78 is 1.60. The zero-order chi connectivity index (χ0) is 14.8. The van der Waals surface area contributed by atoms with Crippen molar-refractivity contribution in [3.8, 4) is 5.69 Å². The average Bonchev–Trinajstić information content (AvgIpc) is 3.09. The maximum absolute atomic E-state index is 12.1. The molecular weight excluding hydrogens is 290 g/mol. The molecule has 2 atom stereocenters. The van der Waals surface area contributed by atoms with Crippen molar-refractivity contribution >= 4 is 17.5 Å². The summed E-state index contributed by atoms with van der Waals surface area (Å²) in [4.78, 5) is 12.1. The highest BCUT2D eigenvalue weighted by Gasteiger charge is 2.23. The Hall–Kier alpha value is -1.89. The van der Waals surface area contributed by atoms with Gasteiger partial charge in [0, 0.05) is 12.2 Å². The van der Waals surface area contributed by atoms with Crippen LogP contribution in [0.2, 0.25) is 5.02 Å². The molecule has 1 saturated heterocycles. The molecule has 7 heteroatoms. The molecule has 0 bridgehead atoms. The van der Waals surface area contributed by atoms with Crippen LogP contribution in [-0.2, 0) is 0 Å². The van der Waals surface area contributed by atoms with Crippen molar-refractivity contribution in [3.63, 3.8) is 0 Å². The summed E-state index contributed by atoms with van der Waals surface area (Å²) in [5.74, 6) is -0.214. The normalized spacial score (nSPS) is 21.4. The molecule has 110 valence electrons. The summed E-state index contributed by atoms with van der Waals surface area (Å²) in [6.45, 7) is 2.05. The van der Waals surface area contributed by atoms with Crippen molar-refractivity contribution in [1.29, 1.82) is 0 Å². The molecule has 0 aliphatic carbocycles. The fourth-order valence-corrected chi connectivity index (χ4v) is 2.48. The van der Waals surface area contributed by atoms with Crippen LogP contribution in [0.4, 0.5) is 0 Å². The first-order chi connectivity index (χ1) is 10.1. The number of benzene rings is 1. The third-order valence-corrected chi connectivity index (χ3v) is 3.64. The Kier molecular flexibility index (Phi) is 3.92. The van der Waals surface area contributed by atoms with Gasteiger partial charge in [-0.05, 0) is 31.5 Å². The number of hydrazine groups is 1. The van der Waals surface area contributed by atoms with E-state index in [2.05, 4.69) is 21.3 Å². The zero-order valence-electron chi connectivity index (χ0n) is 11.5. The summed E-state index contributed by atoms with van der Waals surface area (Å²) in [6.07, 6.45) is 2.47. The highest BCUT2D eigenvalue weighted by Crippen LogP contribution is 2.19. The van der Waals surface area contributed by atoms with Gasteiger partial charge in [0.25, 0.3) is 5.91 Å². The molecule has 6 nitrogen and oxygen atoms in total. The summed E-state index contributed by atoms with van der Waals surface area (Å²) in [5.41, 5.74) is 7.17. The minimum Gasteiger partial charge on any atom is -0.334 e. The fourth-order valence-electron chi connectivity index (χ4n) is 2.26. The van der Waals surface area contributed by atoms with Crippen LogP contribution < -0.4 is 16.2 Å². The lowest BCUT2D eigenvalue weighted by molar-refractivity contribution is 0.0927. The SMILES string of the molecule is CC1CC(NC(=O)c2ccn(-c3ccccc3Cl)n2)NN1. The zero-order valence-corrected chi connectivity index (χ0v) is 12.3. The molecule has 1 aliphatic heterocycles. The number of rotatable bonds is 3. The number of amides is 1. The van der Waals surface area contributed by atoms with E-state index < -0.39 is 0 Å². The van der Waals surface area contributed by atoms with Gasteiger partial charge in [-0.2, -0.15) is 5.10 Å². The van der Waals surface area contributed by atoms with Crippen molar-refractivity contribution < 1.29 is 4.79 Å². The molecule has 2 aromatic rings. The molecule has 3 N–H and O–H groups in total. The standard InChI is InChI=1S/C14H16ClN5O/c1-9-8-13(18-17-9)16-14(21)11-6-7-20(19-11)12-5-3-2-4-10(12)15/h2-7,9,13,17-18H,8H2,1H3,(H,16,21). The molecule has 0 radical (unpaired) electrons. The van der Waals surface area contributed by atoms with Gasteiger partial charge in [-0.1, -0.05) is 23.7 Å². The second-order valence-electron chi connectivity index (χ2n) is 5.05. The number of carbonyl (C=O) groups is 1. The van der Waals surface area contributed by atoms with E-state index in [0.29, 0.717) is 16.8 Å². The van der Waals surface area contributed by atoms with Gasteiger partial charge in [-0.15, -0.1) is 0 Å². The molecule has 1 aromatic heterocycles. The highest BCUT2D eigenvalue weighted by molar-refractivity contribution is 6.32. The van der Waals surface area contributed by atoms with E-state index in [1.54, 1.807) is 23.0 Å². The van der Waals surface area contributed by atoms with Gasteiger partial charge in [0.15, 0.2) is 5.69 Å². The van der Waals surface area contributed by atoms with Crippen molar-refractivity contribution in [2.24, 2.45) is 0 Å². The van der Waals surface area contributed by atoms with Crippen molar-refractivity contribution in [2.45, 2.75) is 25.6 Å². The molecule has 1 amide bonds. The van der Waals surface area contributed by atoms with E-state index in [4.69, 9.17) is 11.6 Å². The Bertz CT molecular complexity index is 656. The molecule has 1 aliphatic rings. The minimum absolute atomic E-state index is 0.0852. The second-order valence-corrected chi connectivity index (χ2v) is 5.46. The number of aromatic nitrogens is 2. The van der Waals surface area contributed by atoms with Gasteiger partial charge in [-0.3, -0.25) is 10.2 Å². The quantitative estimate of drug-likeness (QED) is 0.803. The largest absolute Gasteiger partial charge is 0.334 e. The molecule has 1 aromatic carbocycles. The molecule has 2 unspecified atom stereocenters. The number of hydrogen-bond acceptors (Lipinski definition) is 4. The van der Waals surface area contributed by atoms with Gasteiger partial charge in [-0.25, -0.2) is 10.1 Å². The number of hydrogen-bond donors (Lipinski definition) is 3. The summed E-state index contributed by atoms with van der Waals surface area (Å²) in [6, 6.07) is 9.36. The molecule has 21 heavy (non-hydrogen) atoms. The Labute approximate surface area is 127 Å². The maximum Gasteiger partial charge on any atom is 0.273 e. The minimum atomic E-state index is -0.214. The summed E-state index contributed by atoms with van der Waals surface area (Å²) in [7, 11) is 0. The molecule has 0 spiro atoms. The van der Waals surface area contributed by atoms with E-state index in [9.17, 15) is 4.79 Å². The van der Waals surface area contributed by atoms with Gasteiger partial charge in [0.2, 0.25) is 0 Å². The van der Waals surface area contributed by atoms with E-state index in [-0.39, 0.29) is 12.1 Å². The third-order valence-electron chi connectivity index (χ3n) is 3.32. The molecule has 1 fully saturated rings. The molecule has 3 rings (SSSR count). The van der Waals surface area contributed by atoms with Gasteiger partial charge in [0.1, 0.15) is 0 Å². The van der Waals surface area contributed by atoms with Crippen LogP contribution in [0.3, 0.4) is 0 Å². The van der Waals surface area contributed by atoms with Crippen LogP contribution in [0.1, 0.15) is 23.8 Å². The Morgan fingerprint density at radius 1 is 1.38 bits per heavy atom. The Morgan fingerprint density at radius 3 is 2.90 bits per heavy atom. The number of halogens is 1. The smallest absolute Gasteiger partial charge is 0.273 e. The predicted octanol–water partition coefficient (Wildman–Crippen LogP) is 1.47. The predicted molar refractivity (Wildman–Crippen MR) is 80.2 cm³/mol. The lowest BCUT2D eigenvalue weighted by Gasteiger charge is -2.10. The first kappa shape index (κ1) is 14.1. The summed E-state index contributed by atoms with van der Waals surface area (Å²) in [5, 5.41) is 7.74. The Balaban J connectivity index is 1.73. The van der Waals surface area contributed by atoms with E-state index in [1.165, 1.54) is 0 Å². The van der Waals surface area contributed by atoms with Crippen LogP contribution in [0.5, 0.6) is 0 Å². The fraction of sp³-hybridized carbons (Fsp3) is 0.286. The number of para-hydroxylation sites is 1. The monoisotopic (exact) mass is 305 g/mol. The molecule has 2 heterocycles. The second kappa shape index (κ2) is 5.85. The summed E-state index contributed by atoms with van der Waals surface area (Å²) >= 11 is 6.12. The van der Waals surface area contributed by atoms with Crippen molar-refractivity contribution in [2.75, 3.05) is 0 Å². The number of nitrogens with one attached hydrogen (secondary N) is 3. The topological polar surface area (TPSA) is 71.0 Å². The first-order valence-corrected chi connectivity index (χ1v) is 7.14. The highest BCUT2D eigenvalue weighted by atomic mass is 35.5. The van der Waals surface area contributed by atoms with E-state index in [1.807, 2.05) is 25.1 Å². The number of nitrogens with zero attached hydrogens (tertiary/aromatic N) is 2. The van der Waals surface area contributed by atoms with Crippen molar-refractivity contribution in [3.05, 3.63) is 47.2 Å². The number of carbonyl (C=O) groups excluding carboxylic acids is 1. The van der Waals surface area contributed by atoms with E-state index in [0.717, 1.165) is 12.1 Å². The van der Waals surface area contributed by atoms with Crippen LogP contribution >= 0.6 is 11.6 Å². The van der Waals surface area contributed by atoms with E-state index >= 15 is 0 Å². The van der Waals surface area contributed by atoms with Crippen LogP contribution in [0.15, 0.2) is 36.5 Å². The van der Waals surface area contributed by atoms with Crippen LogP contribution in [0, 0.1) is 0 Å². The van der Waals surface area contributed by atoms with Gasteiger partial charge in [0.05, 0.1) is 16.9 Å². The van der Waals surface area contributed by atoms with Crippen molar-refractivity contribution in [1.82, 2.24) is 25.9 Å². The first-order valence-electron chi connectivity index (χ1n) is 6.76.